The minimum absolute atomic E-state index is 0.129. The van der Waals surface area contributed by atoms with Crippen LogP contribution in [0.2, 0.25) is 0 Å². The number of nitrogens with one attached hydrogen (secondary N) is 2. The van der Waals surface area contributed by atoms with Crippen molar-refractivity contribution < 1.29 is 23.5 Å². The summed E-state index contributed by atoms with van der Waals surface area (Å²) in [5.41, 5.74) is 2.06. The Labute approximate surface area is 211 Å². The Morgan fingerprint density at radius 2 is 1.75 bits per heavy atom. The summed E-state index contributed by atoms with van der Waals surface area (Å²) >= 11 is 1.77. The van der Waals surface area contributed by atoms with Crippen LogP contribution in [-0.2, 0) is 19.1 Å². The van der Waals surface area contributed by atoms with Crippen LogP contribution in [-0.4, -0.2) is 75.0 Å². The lowest BCUT2D eigenvalue weighted by molar-refractivity contribution is -0.217. The quantitative estimate of drug-likeness (QED) is 0.519. The van der Waals surface area contributed by atoms with Crippen molar-refractivity contribution in [2.75, 3.05) is 37.8 Å². The molecule has 0 unspecified atom stereocenters. The van der Waals surface area contributed by atoms with Crippen LogP contribution in [0.4, 0.5) is 4.39 Å². The number of thioether (sulfide) groups is 1. The van der Waals surface area contributed by atoms with E-state index in [0.29, 0.717) is 24.6 Å². The van der Waals surface area contributed by atoms with E-state index in [4.69, 9.17) is 14.5 Å². The molecule has 188 valence electrons. The van der Waals surface area contributed by atoms with Crippen LogP contribution in [0.3, 0.4) is 0 Å². The number of carbonyl (C=O) groups excluding carboxylic acids is 2. The molecule has 2 saturated heterocycles. The van der Waals surface area contributed by atoms with Crippen molar-refractivity contribution in [3.05, 3.63) is 60.4 Å². The summed E-state index contributed by atoms with van der Waals surface area (Å²) in [6.07, 6.45) is 2.55. The Bertz CT molecular complexity index is 1220. The van der Waals surface area contributed by atoms with Crippen LogP contribution in [0, 0.1) is 5.82 Å². The maximum Gasteiger partial charge on any atom is 0.311 e. The van der Waals surface area contributed by atoms with E-state index in [-0.39, 0.29) is 19.0 Å². The fourth-order valence-electron chi connectivity index (χ4n) is 4.12. The van der Waals surface area contributed by atoms with Gasteiger partial charge in [-0.25, -0.2) is 9.37 Å². The second-order valence-electron chi connectivity index (χ2n) is 8.96. The number of imidazole rings is 1. The van der Waals surface area contributed by atoms with Crippen LogP contribution in [0.15, 0.2) is 48.8 Å². The minimum atomic E-state index is -0.867. The predicted octanol–water partition coefficient (Wildman–Crippen LogP) is 2.77. The summed E-state index contributed by atoms with van der Waals surface area (Å²) in [6, 6.07) is 9.77. The number of amides is 2. The molecule has 3 aromatic rings. The first-order valence-electron chi connectivity index (χ1n) is 11.6. The van der Waals surface area contributed by atoms with E-state index >= 15 is 0 Å². The first-order chi connectivity index (χ1) is 17.4. The van der Waals surface area contributed by atoms with Crippen molar-refractivity contribution in [2.45, 2.75) is 18.8 Å². The molecule has 0 saturated carbocycles. The molecule has 11 heteroatoms. The smallest absolute Gasteiger partial charge is 0.311 e. The van der Waals surface area contributed by atoms with E-state index in [0.717, 1.165) is 28.3 Å². The summed E-state index contributed by atoms with van der Waals surface area (Å²) in [4.78, 5) is 38.7. The van der Waals surface area contributed by atoms with Gasteiger partial charge in [0.25, 0.3) is 0 Å². The molecule has 0 radical (unpaired) electrons. The normalized spacial score (nSPS) is 22.3. The summed E-state index contributed by atoms with van der Waals surface area (Å²) in [6.45, 7) is 3.16. The van der Waals surface area contributed by atoms with E-state index in [1.165, 1.54) is 12.1 Å². The van der Waals surface area contributed by atoms with Crippen molar-refractivity contribution in [3.63, 3.8) is 0 Å². The molecule has 2 aromatic heterocycles. The molecule has 0 atom stereocenters. The topological polar surface area (TPSA) is 109 Å². The van der Waals surface area contributed by atoms with Gasteiger partial charge in [-0.1, -0.05) is 0 Å². The SMILES string of the molecule is CC1(NC(=O)C(=O)N2CCSCC2)COC(c2nc(-c3ccc(F)cc3)c(-c3ccncc3)[nH]2)OC1. The number of H-pyrrole nitrogens is 1. The molecule has 0 aliphatic carbocycles. The van der Waals surface area contributed by atoms with Gasteiger partial charge in [-0.15, -0.1) is 0 Å². The van der Waals surface area contributed by atoms with Gasteiger partial charge in [0.05, 0.1) is 30.1 Å². The number of benzene rings is 1. The van der Waals surface area contributed by atoms with Crippen LogP contribution in [0.5, 0.6) is 0 Å². The van der Waals surface area contributed by atoms with Gasteiger partial charge in [-0.2, -0.15) is 11.8 Å². The minimum Gasteiger partial charge on any atom is -0.343 e. The molecule has 0 spiro atoms. The average molecular weight is 512 g/mol. The molecule has 4 heterocycles. The molecule has 2 aliphatic heterocycles. The number of aromatic nitrogens is 3. The molecule has 2 N–H and O–H groups in total. The zero-order valence-electron chi connectivity index (χ0n) is 19.7. The monoisotopic (exact) mass is 511 g/mol. The number of ether oxygens (including phenoxy) is 2. The highest BCUT2D eigenvalue weighted by Gasteiger charge is 2.38. The maximum atomic E-state index is 13.5. The molecule has 1 aromatic carbocycles. The second-order valence-corrected chi connectivity index (χ2v) is 10.2. The number of aromatic amines is 1. The van der Waals surface area contributed by atoms with Crippen LogP contribution < -0.4 is 5.32 Å². The largest absolute Gasteiger partial charge is 0.343 e. The number of hydrogen-bond acceptors (Lipinski definition) is 7. The molecule has 2 amide bonds. The molecule has 5 rings (SSSR count). The molecule has 9 nitrogen and oxygen atoms in total. The summed E-state index contributed by atoms with van der Waals surface area (Å²) in [5.74, 6) is 0.570. The van der Waals surface area contributed by atoms with Gasteiger partial charge in [-0.05, 0) is 43.3 Å². The van der Waals surface area contributed by atoms with Gasteiger partial charge >= 0.3 is 11.8 Å². The highest BCUT2D eigenvalue weighted by atomic mass is 32.2. The van der Waals surface area contributed by atoms with Crippen molar-refractivity contribution >= 4 is 23.6 Å². The van der Waals surface area contributed by atoms with Gasteiger partial charge in [0.2, 0.25) is 6.29 Å². The summed E-state index contributed by atoms with van der Waals surface area (Å²) < 4.78 is 25.4. The van der Waals surface area contributed by atoms with Crippen molar-refractivity contribution in [2.24, 2.45) is 0 Å². The molecular weight excluding hydrogens is 485 g/mol. The zero-order valence-corrected chi connectivity index (χ0v) is 20.5. The van der Waals surface area contributed by atoms with Crippen LogP contribution in [0.1, 0.15) is 19.0 Å². The van der Waals surface area contributed by atoms with E-state index < -0.39 is 23.6 Å². The lowest BCUT2D eigenvalue weighted by Gasteiger charge is -2.37. The van der Waals surface area contributed by atoms with Crippen molar-refractivity contribution in [1.82, 2.24) is 25.2 Å². The number of rotatable bonds is 4. The summed E-state index contributed by atoms with van der Waals surface area (Å²) in [5, 5.41) is 2.78. The average Bonchev–Trinajstić information content (AvgIpc) is 3.35. The number of nitrogens with zero attached hydrogens (tertiary/aromatic N) is 3. The maximum absolute atomic E-state index is 13.5. The van der Waals surface area contributed by atoms with Crippen LogP contribution >= 0.6 is 11.8 Å². The molecule has 2 aliphatic rings. The third-order valence-corrected chi connectivity index (χ3v) is 6.99. The van der Waals surface area contributed by atoms with Crippen molar-refractivity contribution in [3.8, 4) is 22.5 Å². The fraction of sp³-hybridized carbons (Fsp3) is 0.360. The number of hydrogen-bond donors (Lipinski definition) is 2. The Balaban J connectivity index is 1.30. The third-order valence-electron chi connectivity index (χ3n) is 6.05. The van der Waals surface area contributed by atoms with Crippen LogP contribution in [0.25, 0.3) is 22.5 Å². The van der Waals surface area contributed by atoms with Gasteiger partial charge in [0, 0.05) is 48.1 Å². The van der Waals surface area contributed by atoms with E-state index in [9.17, 15) is 14.0 Å². The first-order valence-corrected chi connectivity index (χ1v) is 12.8. The van der Waals surface area contributed by atoms with Gasteiger partial charge in [-0.3, -0.25) is 14.6 Å². The zero-order chi connectivity index (χ0) is 25.1. The Morgan fingerprint density at radius 3 is 2.42 bits per heavy atom. The molecule has 0 bridgehead atoms. The lowest BCUT2D eigenvalue weighted by atomic mass is 10.0. The number of pyridine rings is 1. The third kappa shape index (κ3) is 5.28. The Kier molecular flexibility index (Phi) is 7.04. The highest BCUT2D eigenvalue weighted by Crippen LogP contribution is 2.34. The number of halogens is 1. The van der Waals surface area contributed by atoms with Gasteiger partial charge in [0.15, 0.2) is 5.82 Å². The molecule has 36 heavy (non-hydrogen) atoms. The van der Waals surface area contributed by atoms with Crippen molar-refractivity contribution in [1.29, 1.82) is 0 Å². The summed E-state index contributed by atoms with van der Waals surface area (Å²) in [7, 11) is 0. The predicted molar refractivity (Wildman–Crippen MR) is 132 cm³/mol. The number of carbonyl (C=O) groups is 2. The van der Waals surface area contributed by atoms with Gasteiger partial charge < -0.3 is 24.7 Å². The molecule has 2 fully saturated rings. The standard InChI is InChI=1S/C25H26FN5O4S/c1-25(30-22(32)23(33)31-10-12-36-13-11-31)14-34-24(35-15-25)21-28-19(16-2-4-18(26)5-3-16)20(29-21)17-6-8-27-9-7-17/h2-9,24H,10-15H2,1H3,(H,28,29)(H,30,32). The first kappa shape index (κ1) is 24.4. The lowest BCUT2D eigenvalue weighted by Crippen LogP contribution is -2.59. The van der Waals surface area contributed by atoms with E-state index in [2.05, 4.69) is 15.3 Å². The van der Waals surface area contributed by atoms with E-state index in [1.807, 2.05) is 12.1 Å². The Hall–Kier alpha value is -3.28. The highest BCUT2D eigenvalue weighted by molar-refractivity contribution is 7.99. The van der Waals surface area contributed by atoms with Gasteiger partial charge in [0.1, 0.15) is 5.82 Å². The second kappa shape index (κ2) is 10.4. The van der Waals surface area contributed by atoms with E-state index in [1.54, 1.807) is 48.1 Å². The fourth-order valence-corrected chi connectivity index (χ4v) is 5.03. The molecular formula is C25H26FN5O4S. The Morgan fingerprint density at radius 1 is 1.08 bits per heavy atom.